The molecule has 0 saturated heterocycles. The molecule has 1 unspecified atom stereocenters. The number of nitrogens with zero attached hydrogens (tertiary/aromatic N) is 1. The fraction of sp³-hybridized carbons (Fsp3) is 0.867. The Bertz CT molecular complexity index is 342. The van der Waals surface area contributed by atoms with Crippen molar-refractivity contribution in [2.45, 2.75) is 64.5 Å². The Labute approximate surface area is 122 Å². The fourth-order valence-electron chi connectivity index (χ4n) is 2.56. The van der Waals surface area contributed by atoms with Gasteiger partial charge in [-0.1, -0.05) is 19.3 Å². The minimum absolute atomic E-state index is 0.0530. The van der Waals surface area contributed by atoms with Gasteiger partial charge in [-0.3, -0.25) is 4.79 Å². The number of carbonyl (C=O) groups excluding carboxylic acids is 2. The van der Waals surface area contributed by atoms with Crippen molar-refractivity contribution < 1.29 is 14.3 Å². The number of hydrogen-bond donors (Lipinski definition) is 1. The monoisotopic (exact) mass is 284 g/mol. The zero-order chi connectivity index (χ0) is 15.3. The first-order valence-electron chi connectivity index (χ1n) is 7.41. The van der Waals surface area contributed by atoms with E-state index in [0.717, 1.165) is 25.7 Å². The standard InChI is InChI=1S/C15H28N2O3/c1-15(2,3)20-14(19)16-12(13(18)17(4)5)11-9-7-6-8-10-11/h11-12H,6-10H2,1-5H3,(H,16,19). The molecule has 0 aromatic heterocycles. The maximum Gasteiger partial charge on any atom is 0.408 e. The molecule has 1 fully saturated rings. The second-order valence-electron chi connectivity index (χ2n) is 6.75. The van der Waals surface area contributed by atoms with Crippen molar-refractivity contribution in [2.24, 2.45) is 5.92 Å². The molecular formula is C15H28N2O3. The van der Waals surface area contributed by atoms with Crippen LogP contribution in [-0.4, -0.2) is 42.6 Å². The van der Waals surface area contributed by atoms with Crippen LogP contribution in [0.15, 0.2) is 0 Å². The van der Waals surface area contributed by atoms with E-state index in [1.54, 1.807) is 14.1 Å². The van der Waals surface area contributed by atoms with E-state index in [-0.39, 0.29) is 11.8 Å². The summed E-state index contributed by atoms with van der Waals surface area (Å²) in [5.41, 5.74) is -0.553. The topological polar surface area (TPSA) is 58.6 Å². The fourth-order valence-corrected chi connectivity index (χ4v) is 2.56. The molecule has 0 heterocycles. The van der Waals surface area contributed by atoms with Crippen LogP contribution in [0.1, 0.15) is 52.9 Å². The minimum Gasteiger partial charge on any atom is -0.444 e. The van der Waals surface area contributed by atoms with Crippen molar-refractivity contribution in [3.8, 4) is 0 Å². The molecular weight excluding hydrogens is 256 g/mol. The molecule has 1 aliphatic carbocycles. The number of alkyl carbamates (subject to hydrolysis) is 1. The molecule has 0 spiro atoms. The van der Waals surface area contributed by atoms with Crippen molar-refractivity contribution in [3.05, 3.63) is 0 Å². The molecule has 1 atom stereocenters. The smallest absolute Gasteiger partial charge is 0.408 e. The van der Waals surface area contributed by atoms with E-state index < -0.39 is 17.7 Å². The summed E-state index contributed by atoms with van der Waals surface area (Å²) in [5.74, 6) is 0.161. The molecule has 1 saturated carbocycles. The maximum atomic E-state index is 12.3. The highest BCUT2D eigenvalue weighted by molar-refractivity contribution is 5.85. The van der Waals surface area contributed by atoms with Crippen molar-refractivity contribution in [1.29, 1.82) is 0 Å². The van der Waals surface area contributed by atoms with Gasteiger partial charge in [0.1, 0.15) is 11.6 Å². The van der Waals surface area contributed by atoms with Gasteiger partial charge in [0.2, 0.25) is 5.91 Å². The summed E-state index contributed by atoms with van der Waals surface area (Å²) >= 11 is 0. The zero-order valence-corrected chi connectivity index (χ0v) is 13.4. The summed E-state index contributed by atoms with van der Waals surface area (Å²) in [6.45, 7) is 5.45. The molecule has 0 aliphatic heterocycles. The largest absolute Gasteiger partial charge is 0.444 e. The Morgan fingerprint density at radius 3 is 2.15 bits per heavy atom. The van der Waals surface area contributed by atoms with Crippen LogP contribution < -0.4 is 5.32 Å². The molecule has 2 amide bonds. The van der Waals surface area contributed by atoms with E-state index in [9.17, 15) is 9.59 Å². The van der Waals surface area contributed by atoms with Crippen LogP contribution in [0.4, 0.5) is 4.79 Å². The van der Waals surface area contributed by atoms with Gasteiger partial charge < -0.3 is 15.0 Å². The molecule has 0 bridgehead atoms. The molecule has 0 aromatic carbocycles. The van der Waals surface area contributed by atoms with Gasteiger partial charge in [-0.15, -0.1) is 0 Å². The highest BCUT2D eigenvalue weighted by Gasteiger charge is 2.33. The molecule has 0 aromatic rings. The highest BCUT2D eigenvalue weighted by atomic mass is 16.6. The zero-order valence-electron chi connectivity index (χ0n) is 13.4. The van der Waals surface area contributed by atoms with E-state index in [0.29, 0.717) is 0 Å². The molecule has 1 aliphatic rings. The third-order valence-electron chi connectivity index (χ3n) is 3.50. The Kier molecular flexibility index (Phi) is 5.84. The highest BCUT2D eigenvalue weighted by Crippen LogP contribution is 2.27. The molecule has 116 valence electrons. The number of rotatable bonds is 3. The van der Waals surface area contributed by atoms with Gasteiger partial charge in [0, 0.05) is 14.1 Å². The predicted octanol–water partition coefficient (Wildman–Crippen LogP) is 2.55. The lowest BCUT2D eigenvalue weighted by Crippen LogP contribution is -2.52. The van der Waals surface area contributed by atoms with Crippen LogP contribution in [0, 0.1) is 5.92 Å². The second kappa shape index (κ2) is 6.95. The van der Waals surface area contributed by atoms with Gasteiger partial charge in [-0.25, -0.2) is 4.79 Å². The minimum atomic E-state index is -0.553. The average Bonchev–Trinajstić information content (AvgIpc) is 2.34. The molecule has 1 N–H and O–H groups in total. The van der Waals surface area contributed by atoms with Crippen LogP contribution >= 0.6 is 0 Å². The first-order chi connectivity index (χ1) is 9.20. The first-order valence-corrected chi connectivity index (χ1v) is 7.41. The SMILES string of the molecule is CN(C)C(=O)C(NC(=O)OC(C)(C)C)C1CCCCC1. The number of nitrogens with one attached hydrogen (secondary N) is 1. The maximum absolute atomic E-state index is 12.3. The summed E-state index contributed by atoms with van der Waals surface area (Å²) in [7, 11) is 3.43. The van der Waals surface area contributed by atoms with Crippen LogP contribution in [0.25, 0.3) is 0 Å². The summed E-state index contributed by atoms with van der Waals surface area (Å²) in [5, 5.41) is 2.77. The lowest BCUT2D eigenvalue weighted by Gasteiger charge is -2.32. The van der Waals surface area contributed by atoms with Crippen molar-refractivity contribution in [1.82, 2.24) is 10.2 Å². The van der Waals surface area contributed by atoms with Crippen LogP contribution in [0.5, 0.6) is 0 Å². The third-order valence-corrected chi connectivity index (χ3v) is 3.50. The van der Waals surface area contributed by atoms with Gasteiger partial charge in [-0.2, -0.15) is 0 Å². The van der Waals surface area contributed by atoms with Gasteiger partial charge in [-0.05, 0) is 39.5 Å². The van der Waals surface area contributed by atoms with Crippen LogP contribution in [0.2, 0.25) is 0 Å². The van der Waals surface area contributed by atoms with E-state index in [1.807, 2.05) is 20.8 Å². The molecule has 20 heavy (non-hydrogen) atoms. The van der Waals surface area contributed by atoms with E-state index in [1.165, 1.54) is 11.3 Å². The molecule has 5 heteroatoms. The van der Waals surface area contributed by atoms with E-state index >= 15 is 0 Å². The van der Waals surface area contributed by atoms with Crippen LogP contribution in [-0.2, 0) is 9.53 Å². The summed E-state index contributed by atoms with van der Waals surface area (Å²) in [6, 6.07) is -0.472. The Balaban J connectivity index is 2.72. The van der Waals surface area contributed by atoms with Crippen LogP contribution in [0.3, 0.4) is 0 Å². The summed E-state index contributed by atoms with van der Waals surface area (Å²) in [4.78, 5) is 25.8. The van der Waals surface area contributed by atoms with E-state index in [2.05, 4.69) is 5.32 Å². The lowest BCUT2D eigenvalue weighted by molar-refractivity contribution is -0.132. The number of hydrogen-bond acceptors (Lipinski definition) is 3. The second-order valence-corrected chi connectivity index (χ2v) is 6.75. The molecule has 0 radical (unpaired) electrons. The van der Waals surface area contributed by atoms with Crippen molar-refractivity contribution in [3.63, 3.8) is 0 Å². The molecule has 5 nitrogen and oxygen atoms in total. The normalized spacial score (nSPS) is 18.2. The Hall–Kier alpha value is -1.26. The van der Waals surface area contributed by atoms with Gasteiger partial charge in [0.25, 0.3) is 0 Å². The number of likely N-dealkylation sites (N-methyl/N-ethyl adjacent to an activating group) is 1. The average molecular weight is 284 g/mol. The molecule has 1 rings (SSSR count). The lowest BCUT2D eigenvalue weighted by atomic mass is 9.83. The summed E-state index contributed by atoms with van der Waals surface area (Å²) in [6.07, 6.45) is 4.92. The van der Waals surface area contributed by atoms with Gasteiger partial charge in [0.05, 0.1) is 0 Å². The quantitative estimate of drug-likeness (QED) is 0.866. The Morgan fingerprint density at radius 1 is 1.15 bits per heavy atom. The number of ether oxygens (including phenoxy) is 1. The third kappa shape index (κ3) is 5.39. The van der Waals surface area contributed by atoms with Crippen molar-refractivity contribution in [2.75, 3.05) is 14.1 Å². The van der Waals surface area contributed by atoms with E-state index in [4.69, 9.17) is 4.74 Å². The number of carbonyl (C=O) groups is 2. The predicted molar refractivity (Wildman–Crippen MR) is 78.4 cm³/mol. The van der Waals surface area contributed by atoms with Gasteiger partial charge >= 0.3 is 6.09 Å². The van der Waals surface area contributed by atoms with Gasteiger partial charge in [0.15, 0.2) is 0 Å². The van der Waals surface area contributed by atoms with Crippen molar-refractivity contribution >= 4 is 12.0 Å². The Morgan fingerprint density at radius 2 is 1.70 bits per heavy atom. The summed E-state index contributed by atoms with van der Waals surface area (Å²) < 4.78 is 5.27. The number of amides is 2. The first kappa shape index (κ1) is 16.8.